The summed E-state index contributed by atoms with van der Waals surface area (Å²) in [6, 6.07) is 12.7. The zero-order chi connectivity index (χ0) is 17.6. The Morgan fingerprint density at radius 2 is 1.88 bits per heavy atom. The van der Waals surface area contributed by atoms with Crippen LogP contribution in [0.1, 0.15) is 18.2 Å². The summed E-state index contributed by atoms with van der Waals surface area (Å²) in [7, 11) is -3.53. The summed E-state index contributed by atoms with van der Waals surface area (Å²) in [5.41, 5.74) is 2.29. The Hall–Kier alpha value is -2.25. The molecule has 1 amide bonds. The highest BCUT2D eigenvalue weighted by Crippen LogP contribution is 2.15. The second-order valence-corrected chi connectivity index (χ2v) is 7.39. The van der Waals surface area contributed by atoms with E-state index in [2.05, 4.69) is 10.3 Å². The molecule has 0 saturated carbocycles. The number of nitrogens with one attached hydrogen (secondary N) is 1. The molecule has 0 aliphatic rings. The van der Waals surface area contributed by atoms with Gasteiger partial charge in [-0.2, -0.15) is 4.31 Å². The molecule has 0 aliphatic heterocycles. The van der Waals surface area contributed by atoms with Crippen molar-refractivity contribution in [1.29, 1.82) is 0 Å². The second kappa shape index (κ2) is 8.03. The van der Waals surface area contributed by atoms with Crippen LogP contribution < -0.4 is 5.32 Å². The van der Waals surface area contributed by atoms with Gasteiger partial charge < -0.3 is 5.32 Å². The average Bonchev–Trinajstić information content (AvgIpc) is 2.55. The number of hydrogen-bond acceptors (Lipinski definition) is 4. The first-order chi connectivity index (χ1) is 11.4. The van der Waals surface area contributed by atoms with Gasteiger partial charge in [-0.1, -0.05) is 31.2 Å². The summed E-state index contributed by atoms with van der Waals surface area (Å²) in [5.74, 6) is -0.378. The number of sulfonamides is 1. The van der Waals surface area contributed by atoms with Crippen LogP contribution in [0.4, 0.5) is 5.69 Å². The van der Waals surface area contributed by atoms with Crippen LogP contribution in [0, 0.1) is 0 Å². The number of hydrogen-bond donors (Lipinski definition) is 1. The Kier molecular flexibility index (Phi) is 6.05. The van der Waals surface area contributed by atoms with Crippen molar-refractivity contribution in [3.63, 3.8) is 0 Å². The third-order valence-corrected chi connectivity index (χ3v) is 4.72. The standard InChI is InChI=1S/C17H21N3O3S/c1-3-14-8-4-5-10-16(14)19-17(21)13-20(24(2,22)23)12-15-9-6-7-11-18-15/h4-11H,3,12-13H2,1-2H3,(H,19,21). The van der Waals surface area contributed by atoms with Crippen LogP contribution in [-0.2, 0) is 27.8 Å². The normalized spacial score (nSPS) is 11.5. The number of para-hydroxylation sites is 1. The van der Waals surface area contributed by atoms with Crippen LogP contribution in [0.5, 0.6) is 0 Å². The fraction of sp³-hybridized carbons (Fsp3) is 0.294. The molecular weight excluding hydrogens is 326 g/mol. The van der Waals surface area contributed by atoms with Crippen molar-refractivity contribution in [1.82, 2.24) is 9.29 Å². The summed E-state index contributed by atoms with van der Waals surface area (Å²) in [5, 5.41) is 2.78. The minimum absolute atomic E-state index is 0.0581. The van der Waals surface area contributed by atoms with Gasteiger partial charge in [-0.3, -0.25) is 9.78 Å². The zero-order valence-electron chi connectivity index (χ0n) is 13.8. The van der Waals surface area contributed by atoms with Gasteiger partial charge in [-0.15, -0.1) is 0 Å². The van der Waals surface area contributed by atoms with Crippen molar-refractivity contribution >= 4 is 21.6 Å². The number of rotatable bonds is 7. The largest absolute Gasteiger partial charge is 0.325 e. The van der Waals surface area contributed by atoms with E-state index in [0.717, 1.165) is 22.5 Å². The highest BCUT2D eigenvalue weighted by Gasteiger charge is 2.21. The Morgan fingerprint density at radius 1 is 1.17 bits per heavy atom. The van der Waals surface area contributed by atoms with E-state index < -0.39 is 10.0 Å². The van der Waals surface area contributed by atoms with Gasteiger partial charge >= 0.3 is 0 Å². The van der Waals surface area contributed by atoms with Crippen molar-refractivity contribution in [3.8, 4) is 0 Å². The van der Waals surface area contributed by atoms with Crippen LogP contribution in [0.25, 0.3) is 0 Å². The highest BCUT2D eigenvalue weighted by atomic mass is 32.2. The van der Waals surface area contributed by atoms with Gasteiger partial charge in [0.15, 0.2) is 0 Å². The van der Waals surface area contributed by atoms with Crippen molar-refractivity contribution < 1.29 is 13.2 Å². The van der Waals surface area contributed by atoms with E-state index in [0.29, 0.717) is 11.4 Å². The molecule has 1 aromatic heterocycles. The summed E-state index contributed by atoms with van der Waals surface area (Å²) in [4.78, 5) is 16.4. The molecular formula is C17H21N3O3S. The molecule has 1 heterocycles. The molecule has 0 fully saturated rings. The predicted molar refractivity (Wildman–Crippen MR) is 93.9 cm³/mol. The molecule has 2 rings (SSSR count). The maximum atomic E-state index is 12.3. The maximum Gasteiger partial charge on any atom is 0.239 e. The molecule has 128 valence electrons. The van der Waals surface area contributed by atoms with E-state index in [9.17, 15) is 13.2 Å². The van der Waals surface area contributed by atoms with Gasteiger partial charge in [0.25, 0.3) is 0 Å². The summed E-state index contributed by atoms with van der Waals surface area (Å²) in [6.45, 7) is 1.80. The van der Waals surface area contributed by atoms with Gasteiger partial charge in [-0.05, 0) is 30.2 Å². The van der Waals surface area contributed by atoms with Gasteiger partial charge in [0.2, 0.25) is 15.9 Å². The molecule has 2 aromatic rings. The monoisotopic (exact) mass is 347 g/mol. The van der Waals surface area contributed by atoms with E-state index in [1.165, 1.54) is 0 Å². The van der Waals surface area contributed by atoms with Crippen LogP contribution >= 0.6 is 0 Å². The SMILES string of the molecule is CCc1ccccc1NC(=O)CN(Cc1ccccn1)S(C)(=O)=O. The lowest BCUT2D eigenvalue weighted by molar-refractivity contribution is -0.116. The predicted octanol–water partition coefficient (Wildman–Crippen LogP) is 2.04. The fourth-order valence-electron chi connectivity index (χ4n) is 2.26. The highest BCUT2D eigenvalue weighted by molar-refractivity contribution is 7.88. The van der Waals surface area contributed by atoms with Crippen molar-refractivity contribution in [2.24, 2.45) is 0 Å². The lowest BCUT2D eigenvalue weighted by atomic mass is 10.1. The molecule has 0 bridgehead atoms. The molecule has 1 aromatic carbocycles. The Bertz CT molecular complexity index is 792. The molecule has 7 heteroatoms. The van der Waals surface area contributed by atoms with E-state index in [4.69, 9.17) is 0 Å². The fourth-order valence-corrected chi connectivity index (χ4v) is 2.98. The van der Waals surface area contributed by atoms with E-state index in [1.54, 1.807) is 30.5 Å². The summed E-state index contributed by atoms with van der Waals surface area (Å²) >= 11 is 0. The first kappa shape index (κ1) is 18.1. The molecule has 0 atom stereocenters. The minimum Gasteiger partial charge on any atom is -0.325 e. The molecule has 0 radical (unpaired) electrons. The van der Waals surface area contributed by atoms with Gasteiger partial charge in [0.05, 0.1) is 25.0 Å². The lowest BCUT2D eigenvalue weighted by Crippen LogP contribution is -2.37. The van der Waals surface area contributed by atoms with Gasteiger partial charge in [0.1, 0.15) is 0 Å². The third-order valence-electron chi connectivity index (χ3n) is 3.53. The van der Waals surface area contributed by atoms with Crippen LogP contribution in [0.15, 0.2) is 48.7 Å². The molecule has 6 nitrogen and oxygen atoms in total. The van der Waals surface area contributed by atoms with Crippen molar-refractivity contribution in [2.75, 3.05) is 18.1 Å². The third kappa shape index (κ3) is 5.14. The van der Waals surface area contributed by atoms with Crippen molar-refractivity contribution in [2.45, 2.75) is 19.9 Å². The summed E-state index contributed by atoms with van der Waals surface area (Å²) < 4.78 is 25.0. The van der Waals surface area contributed by atoms with Crippen LogP contribution in [0.3, 0.4) is 0 Å². The molecule has 0 unspecified atom stereocenters. The summed E-state index contributed by atoms with van der Waals surface area (Å²) in [6.07, 6.45) is 3.46. The molecule has 0 aliphatic carbocycles. The lowest BCUT2D eigenvalue weighted by Gasteiger charge is -2.19. The number of carbonyl (C=O) groups excluding carboxylic acids is 1. The zero-order valence-corrected chi connectivity index (χ0v) is 14.6. The number of nitrogens with zero attached hydrogens (tertiary/aromatic N) is 2. The molecule has 0 spiro atoms. The number of amides is 1. The minimum atomic E-state index is -3.53. The number of aryl methyl sites for hydroxylation is 1. The van der Waals surface area contributed by atoms with Crippen LogP contribution in [0.2, 0.25) is 0 Å². The Labute approximate surface area is 142 Å². The molecule has 0 saturated heterocycles. The number of anilines is 1. The van der Waals surface area contributed by atoms with E-state index in [1.807, 2.05) is 25.1 Å². The number of carbonyl (C=O) groups is 1. The van der Waals surface area contributed by atoms with Crippen LogP contribution in [-0.4, -0.2) is 36.4 Å². The maximum absolute atomic E-state index is 12.3. The number of aromatic nitrogens is 1. The number of pyridine rings is 1. The van der Waals surface area contributed by atoms with E-state index in [-0.39, 0.29) is 19.0 Å². The Balaban J connectivity index is 2.10. The van der Waals surface area contributed by atoms with Gasteiger partial charge in [-0.25, -0.2) is 8.42 Å². The smallest absolute Gasteiger partial charge is 0.239 e. The quantitative estimate of drug-likeness (QED) is 0.831. The Morgan fingerprint density at radius 3 is 2.50 bits per heavy atom. The topological polar surface area (TPSA) is 79.4 Å². The molecule has 1 N–H and O–H groups in total. The van der Waals surface area contributed by atoms with Crippen molar-refractivity contribution in [3.05, 3.63) is 59.9 Å². The first-order valence-electron chi connectivity index (χ1n) is 7.63. The van der Waals surface area contributed by atoms with E-state index >= 15 is 0 Å². The molecule has 24 heavy (non-hydrogen) atoms. The average molecular weight is 347 g/mol. The first-order valence-corrected chi connectivity index (χ1v) is 9.47. The second-order valence-electron chi connectivity index (χ2n) is 5.41. The van der Waals surface area contributed by atoms with Gasteiger partial charge in [0, 0.05) is 11.9 Å². The number of benzene rings is 1.